The third-order valence-corrected chi connectivity index (χ3v) is 5.60. The Kier molecular flexibility index (Phi) is 5.66. The van der Waals surface area contributed by atoms with Gasteiger partial charge in [-0.2, -0.15) is 5.26 Å². The molecule has 3 rings (SSSR count). The van der Waals surface area contributed by atoms with E-state index in [1.54, 1.807) is 12.0 Å². The van der Waals surface area contributed by atoms with Crippen LogP contribution in [0.15, 0.2) is 6.20 Å². The molecule has 2 atom stereocenters. The van der Waals surface area contributed by atoms with E-state index in [2.05, 4.69) is 21.4 Å². The number of likely N-dealkylation sites (tertiary alicyclic amines) is 2. The van der Waals surface area contributed by atoms with Crippen LogP contribution in [0.25, 0.3) is 0 Å². The Hall–Kier alpha value is -1.69. The molecule has 2 aliphatic heterocycles. The summed E-state index contributed by atoms with van der Waals surface area (Å²) in [6.07, 6.45) is 7.04. The Morgan fingerprint density at radius 3 is 3.17 bits per heavy atom. The molecule has 1 unspecified atom stereocenters. The lowest BCUT2D eigenvalue weighted by molar-refractivity contribution is -0.119. The number of amides is 1. The van der Waals surface area contributed by atoms with Crippen LogP contribution in [0.2, 0.25) is 0 Å². The first-order chi connectivity index (χ1) is 11.7. The number of nitrogens with one attached hydrogen (secondary N) is 1. The standard InChI is InChI=1S/C16H23N5O2S/c1-23-10-13-3-2-5-21(13)9-14-7-18-16(24-14)19-15(22)12-4-6-20(8-12)11-17/h7,12-13H,2-6,8-10H2,1H3,(H,18,19,22)/t12?,13-/m1/s1. The van der Waals surface area contributed by atoms with Crippen LogP contribution in [0.5, 0.6) is 0 Å². The molecule has 8 heteroatoms. The van der Waals surface area contributed by atoms with E-state index in [1.807, 2.05) is 6.20 Å². The number of anilines is 1. The van der Waals surface area contributed by atoms with Crippen LogP contribution in [0.4, 0.5) is 5.13 Å². The fourth-order valence-corrected chi connectivity index (χ4v) is 4.24. The first-order valence-electron chi connectivity index (χ1n) is 8.33. The molecule has 0 aromatic carbocycles. The summed E-state index contributed by atoms with van der Waals surface area (Å²) in [7, 11) is 1.74. The molecule has 1 aromatic heterocycles. The second-order valence-corrected chi connectivity index (χ2v) is 7.49. The van der Waals surface area contributed by atoms with E-state index in [1.165, 1.54) is 24.2 Å². The number of rotatable bonds is 6. The van der Waals surface area contributed by atoms with E-state index >= 15 is 0 Å². The minimum atomic E-state index is -0.123. The minimum Gasteiger partial charge on any atom is -0.383 e. The summed E-state index contributed by atoms with van der Waals surface area (Å²) in [6, 6.07) is 0.477. The summed E-state index contributed by atoms with van der Waals surface area (Å²) in [5.41, 5.74) is 0. The highest BCUT2D eigenvalue weighted by atomic mass is 32.1. The predicted molar refractivity (Wildman–Crippen MR) is 91.3 cm³/mol. The molecule has 0 aliphatic carbocycles. The Morgan fingerprint density at radius 1 is 1.54 bits per heavy atom. The van der Waals surface area contributed by atoms with Gasteiger partial charge in [-0.15, -0.1) is 11.3 Å². The van der Waals surface area contributed by atoms with Gasteiger partial charge in [0.1, 0.15) is 0 Å². The fourth-order valence-electron chi connectivity index (χ4n) is 3.40. The molecule has 2 fully saturated rings. The zero-order valence-corrected chi connectivity index (χ0v) is 14.7. The van der Waals surface area contributed by atoms with Crippen molar-refractivity contribution in [1.29, 1.82) is 5.26 Å². The number of ether oxygens (including phenoxy) is 1. The van der Waals surface area contributed by atoms with Crippen LogP contribution in [0.1, 0.15) is 24.1 Å². The molecule has 24 heavy (non-hydrogen) atoms. The Balaban J connectivity index is 1.52. The molecule has 1 N–H and O–H groups in total. The van der Waals surface area contributed by atoms with Gasteiger partial charge in [0.15, 0.2) is 11.3 Å². The molecule has 7 nitrogen and oxygen atoms in total. The van der Waals surface area contributed by atoms with Crippen molar-refractivity contribution in [1.82, 2.24) is 14.8 Å². The monoisotopic (exact) mass is 349 g/mol. The molecule has 0 bridgehead atoms. The summed E-state index contributed by atoms with van der Waals surface area (Å²) in [5, 5.41) is 12.4. The summed E-state index contributed by atoms with van der Waals surface area (Å²) < 4.78 is 5.29. The molecule has 1 amide bonds. The molecule has 0 spiro atoms. The third kappa shape index (κ3) is 4.04. The molecule has 0 radical (unpaired) electrons. The SMILES string of the molecule is COC[C@H]1CCCN1Cc1cnc(NC(=O)C2CCN(C#N)C2)s1. The van der Waals surface area contributed by atoms with Gasteiger partial charge in [0, 0.05) is 43.9 Å². The molecular weight excluding hydrogens is 326 g/mol. The van der Waals surface area contributed by atoms with Crippen molar-refractivity contribution in [3.8, 4) is 6.19 Å². The average molecular weight is 349 g/mol. The maximum atomic E-state index is 12.3. The topological polar surface area (TPSA) is 81.5 Å². The Bertz CT molecular complexity index is 614. The lowest BCUT2D eigenvalue weighted by Gasteiger charge is -2.22. The summed E-state index contributed by atoms with van der Waals surface area (Å²) >= 11 is 1.53. The third-order valence-electron chi connectivity index (χ3n) is 4.70. The molecule has 2 aliphatic rings. The highest BCUT2D eigenvalue weighted by molar-refractivity contribution is 7.15. The van der Waals surface area contributed by atoms with Crippen LogP contribution < -0.4 is 5.32 Å². The molecule has 3 heterocycles. The van der Waals surface area contributed by atoms with Crippen molar-refractivity contribution in [3.05, 3.63) is 11.1 Å². The first-order valence-corrected chi connectivity index (χ1v) is 9.14. The smallest absolute Gasteiger partial charge is 0.231 e. The average Bonchev–Trinajstić information content (AvgIpc) is 3.30. The van der Waals surface area contributed by atoms with Gasteiger partial charge >= 0.3 is 0 Å². The van der Waals surface area contributed by atoms with Crippen molar-refractivity contribution in [2.24, 2.45) is 5.92 Å². The second kappa shape index (κ2) is 7.92. The summed E-state index contributed by atoms with van der Waals surface area (Å²) in [5.74, 6) is -0.159. The van der Waals surface area contributed by atoms with Gasteiger partial charge in [-0.25, -0.2) is 4.98 Å². The largest absolute Gasteiger partial charge is 0.383 e. The number of hydrogen-bond donors (Lipinski definition) is 1. The highest BCUT2D eigenvalue weighted by Gasteiger charge is 2.28. The maximum Gasteiger partial charge on any atom is 0.231 e. The minimum absolute atomic E-state index is 0.0351. The number of carbonyl (C=O) groups excluding carboxylic acids is 1. The van der Waals surface area contributed by atoms with Gasteiger partial charge in [0.2, 0.25) is 5.91 Å². The van der Waals surface area contributed by atoms with Crippen molar-refractivity contribution >= 4 is 22.4 Å². The molecule has 0 saturated carbocycles. The number of thiazole rings is 1. The first kappa shape index (κ1) is 17.1. The van der Waals surface area contributed by atoms with Gasteiger partial charge in [-0.05, 0) is 25.8 Å². The Morgan fingerprint density at radius 2 is 2.42 bits per heavy atom. The lowest BCUT2D eigenvalue weighted by atomic mass is 10.1. The van der Waals surface area contributed by atoms with Crippen molar-refractivity contribution < 1.29 is 9.53 Å². The van der Waals surface area contributed by atoms with Crippen molar-refractivity contribution in [2.75, 3.05) is 38.7 Å². The number of nitrogens with zero attached hydrogens (tertiary/aromatic N) is 4. The summed E-state index contributed by atoms with van der Waals surface area (Å²) in [6.45, 7) is 3.87. The van der Waals surface area contributed by atoms with E-state index in [9.17, 15) is 4.79 Å². The van der Waals surface area contributed by atoms with Crippen LogP contribution in [0, 0.1) is 17.4 Å². The maximum absolute atomic E-state index is 12.3. The zero-order valence-electron chi connectivity index (χ0n) is 13.9. The molecule has 1 aromatic rings. The number of hydrogen-bond acceptors (Lipinski definition) is 7. The number of methoxy groups -OCH3 is 1. The number of nitriles is 1. The molecular formula is C16H23N5O2S. The van der Waals surface area contributed by atoms with Gasteiger partial charge in [-0.1, -0.05) is 0 Å². The fraction of sp³-hybridized carbons (Fsp3) is 0.688. The van der Waals surface area contributed by atoms with Gasteiger partial charge in [0.25, 0.3) is 0 Å². The number of carbonyl (C=O) groups is 1. The van der Waals surface area contributed by atoms with Gasteiger partial charge < -0.3 is 15.0 Å². The van der Waals surface area contributed by atoms with E-state index in [-0.39, 0.29) is 11.8 Å². The normalized spacial score (nSPS) is 24.2. The summed E-state index contributed by atoms with van der Waals surface area (Å²) in [4.78, 5) is 21.8. The zero-order chi connectivity index (χ0) is 16.9. The van der Waals surface area contributed by atoms with Crippen LogP contribution in [-0.4, -0.2) is 60.1 Å². The predicted octanol–water partition coefficient (Wildman–Crippen LogP) is 1.50. The van der Waals surface area contributed by atoms with Crippen molar-refractivity contribution in [2.45, 2.75) is 31.8 Å². The van der Waals surface area contributed by atoms with E-state index in [0.29, 0.717) is 24.3 Å². The van der Waals surface area contributed by atoms with E-state index in [4.69, 9.17) is 10.00 Å². The van der Waals surface area contributed by atoms with Gasteiger partial charge in [-0.3, -0.25) is 9.69 Å². The van der Waals surface area contributed by atoms with Gasteiger partial charge in [0.05, 0.1) is 12.5 Å². The molecule has 2 saturated heterocycles. The van der Waals surface area contributed by atoms with E-state index < -0.39 is 0 Å². The number of aromatic nitrogens is 1. The Labute approximate surface area is 146 Å². The quantitative estimate of drug-likeness (QED) is 0.784. The van der Waals surface area contributed by atoms with Crippen LogP contribution in [0.3, 0.4) is 0 Å². The van der Waals surface area contributed by atoms with Crippen molar-refractivity contribution in [3.63, 3.8) is 0 Å². The van der Waals surface area contributed by atoms with Crippen LogP contribution in [-0.2, 0) is 16.1 Å². The van der Waals surface area contributed by atoms with Crippen LogP contribution >= 0.6 is 11.3 Å². The second-order valence-electron chi connectivity index (χ2n) is 6.37. The molecule has 130 valence electrons. The van der Waals surface area contributed by atoms with E-state index in [0.717, 1.165) is 31.0 Å². The highest BCUT2D eigenvalue weighted by Crippen LogP contribution is 2.26. The lowest BCUT2D eigenvalue weighted by Crippen LogP contribution is -2.32.